The van der Waals surface area contributed by atoms with Crippen LogP contribution in [0.15, 0.2) is 11.6 Å². The van der Waals surface area contributed by atoms with E-state index in [4.69, 9.17) is 6.42 Å². The molecule has 0 fully saturated rings. The van der Waals surface area contributed by atoms with E-state index in [0.717, 1.165) is 5.57 Å². The Kier molecular flexibility index (Phi) is 1.27. The third-order valence-corrected chi connectivity index (χ3v) is 1.14. The minimum atomic E-state index is -0.419. The lowest BCUT2D eigenvalue weighted by Gasteiger charge is -2.00. The van der Waals surface area contributed by atoms with Crippen LogP contribution < -0.4 is 0 Å². The Bertz CT molecular complexity index is 207. The molecule has 2 heteroatoms. The smallest absolute Gasteiger partial charge is 0.332 e. The minimum absolute atomic E-state index is 0.338. The molecule has 0 aliphatic carbocycles. The number of esters is 1. The Morgan fingerprint density at radius 2 is 2.56 bits per heavy atom. The second-order valence-corrected chi connectivity index (χ2v) is 1.87. The van der Waals surface area contributed by atoms with Gasteiger partial charge in [-0.05, 0) is 12.5 Å². The first kappa shape index (κ1) is 5.90. The third-order valence-electron chi connectivity index (χ3n) is 1.14. The summed E-state index contributed by atoms with van der Waals surface area (Å²) < 4.78 is 4.66. The van der Waals surface area contributed by atoms with Crippen molar-refractivity contribution >= 4 is 5.97 Å². The molecule has 0 aromatic heterocycles. The van der Waals surface area contributed by atoms with E-state index in [1.165, 1.54) is 6.08 Å². The number of ether oxygens (including phenoxy) is 1. The van der Waals surface area contributed by atoms with Crippen molar-refractivity contribution in [1.82, 2.24) is 0 Å². The Morgan fingerprint density at radius 1 is 1.89 bits per heavy atom. The molecule has 2 nitrogen and oxygen atoms in total. The van der Waals surface area contributed by atoms with Gasteiger partial charge in [-0.25, -0.2) is 4.79 Å². The minimum Gasteiger partial charge on any atom is -0.441 e. The van der Waals surface area contributed by atoms with Crippen LogP contribution in [0.1, 0.15) is 6.92 Å². The van der Waals surface area contributed by atoms with Crippen LogP contribution in [0.5, 0.6) is 0 Å². The topological polar surface area (TPSA) is 26.3 Å². The van der Waals surface area contributed by atoms with Gasteiger partial charge in [-0.15, -0.1) is 6.42 Å². The summed E-state index contributed by atoms with van der Waals surface area (Å²) in [5.74, 6) is 2.00. The Morgan fingerprint density at radius 3 is 2.78 bits per heavy atom. The van der Waals surface area contributed by atoms with Crippen LogP contribution in [0, 0.1) is 12.3 Å². The maximum Gasteiger partial charge on any atom is 0.332 e. The van der Waals surface area contributed by atoms with Gasteiger partial charge in [0.1, 0.15) is 0 Å². The van der Waals surface area contributed by atoms with E-state index >= 15 is 0 Å². The fourth-order valence-corrected chi connectivity index (χ4v) is 0.670. The molecule has 0 saturated carbocycles. The molecule has 0 aromatic carbocycles. The monoisotopic (exact) mass is 122 g/mol. The summed E-state index contributed by atoms with van der Waals surface area (Å²) in [7, 11) is 0. The summed E-state index contributed by atoms with van der Waals surface area (Å²) in [6.45, 7) is 1.77. The summed E-state index contributed by atoms with van der Waals surface area (Å²) >= 11 is 0. The van der Waals surface area contributed by atoms with Crippen LogP contribution in [-0.2, 0) is 9.53 Å². The summed E-state index contributed by atoms with van der Waals surface area (Å²) in [5, 5.41) is 0. The second-order valence-electron chi connectivity index (χ2n) is 1.87. The number of carbonyl (C=O) groups excluding carboxylic acids is 1. The van der Waals surface area contributed by atoms with Crippen molar-refractivity contribution in [3.63, 3.8) is 0 Å². The average molecular weight is 122 g/mol. The van der Waals surface area contributed by atoms with Gasteiger partial charge in [0, 0.05) is 6.08 Å². The predicted molar refractivity (Wildman–Crippen MR) is 32.5 cm³/mol. The highest BCUT2D eigenvalue weighted by Gasteiger charge is 2.19. The molecule has 9 heavy (non-hydrogen) atoms. The summed E-state index contributed by atoms with van der Waals surface area (Å²) in [5.41, 5.74) is 0.808. The van der Waals surface area contributed by atoms with Crippen LogP contribution in [0.2, 0.25) is 0 Å². The van der Waals surface area contributed by atoms with E-state index in [-0.39, 0.29) is 5.97 Å². The van der Waals surface area contributed by atoms with Crippen LogP contribution in [-0.4, -0.2) is 12.1 Å². The van der Waals surface area contributed by atoms with Gasteiger partial charge in [0.25, 0.3) is 0 Å². The Labute approximate surface area is 53.5 Å². The third kappa shape index (κ3) is 0.945. The van der Waals surface area contributed by atoms with Crippen molar-refractivity contribution < 1.29 is 9.53 Å². The van der Waals surface area contributed by atoms with E-state index in [9.17, 15) is 4.79 Å². The van der Waals surface area contributed by atoms with Crippen molar-refractivity contribution in [2.24, 2.45) is 0 Å². The lowest BCUT2D eigenvalue weighted by Crippen LogP contribution is -2.06. The van der Waals surface area contributed by atoms with E-state index in [1.54, 1.807) is 6.92 Å². The zero-order valence-corrected chi connectivity index (χ0v) is 5.05. The quantitative estimate of drug-likeness (QED) is 0.345. The number of terminal acetylenes is 1. The molecule has 0 saturated heterocycles. The first-order valence-electron chi connectivity index (χ1n) is 2.59. The molecule has 1 aliphatic heterocycles. The van der Waals surface area contributed by atoms with Gasteiger partial charge in [0.15, 0.2) is 6.10 Å². The summed E-state index contributed by atoms with van der Waals surface area (Å²) in [6, 6.07) is 0. The highest BCUT2D eigenvalue weighted by Crippen LogP contribution is 2.12. The number of hydrogen-bond acceptors (Lipinski definition) is 2. The van der Waals surface area contributed by atoms with E-state index < -0.39 is 6.10 Å². The molecule has 1 atom stereocenters. The van der Waals surface area contributed by atoms with Crippen LogP contribution in [0.4, 0.5) is 0 Å². The Hall–Kier alpha value is -1.23. The molecule has 1 rings (SSSR count). The second kappa shape index (κ2) is 1.94. The van der Waals surface area contributed by atoms with E-state index in [1.807, 2.05) is 0 Å². The fraction of sp³-hybridized carbons (Fsp3) is 0.286. The maximum absolute atomic E-state index is 10.4. The van der Waals surface area contributed by atoms with Crippen LogP contribution in [0.25, 0.3) is 0 Å². The highest BCUT2D eigenvalue weighted by molar-refractivity contribution is 5.86. The zero-order chi connectivity index (χ0) is 6.85. The number of hydrogen-bond donors (Lipinski definition) is 0. The molecule has 0 amide bonds. The molecule has 0 N–H and O–H groups in total. The molecule has 0 aromatic rings. The first-order valence-corrected chi connectivity index (χ1v) is 2.59. The van der Waals surface area contributed by atoms with Crippen LogP contribution >= 0.6 is 0 Å². The molecular formula is C7H6O2. The van der Waals surface area contributed by atoms with Crippen molar-refractivity contribution in [1.29, 1.82) is 0 Å². The van der Waals surface area contributed by atoms with Gasteiger partial charge in [0.05, 0.1) is 0 Å². The average Bonchev–Trinajstić information content (AvgIpc) is 2.10. The van der Waals surface area contributed by atoms with Gasteiger partial charge < -0.3 is 4.74 Å². The number of cyclic esters (lactones) is 1. The standard InChI is InChI=1S/C7H6O2/c1-3-6-5(2)4-7(8)9-6/h1,4,6H,2H3. The maximum atomic E-state index is 10.4. The summed E-state index contributed by atoms with van der Waals surface area (Å²) in [4.78, 5) is 10.4. The molecule has 46 valence electrons. The largest absolute Gasteiger partial charge is 0.441 e. The molecule has 1 aliphatic rings. The van der Waals surface area contributed by atoms with Crippen molar-refractivity contribution in [3.8, 4) is 12.3 Å². The van der Waals surface area contributed by atoms with E-state index in [0.29, 0.717) is 0 Å². The number of rotatable bonds is 0. The van der Waals surface area contributed by atoms with Gasteiger partial charge in [0.2, 0.25) is 0 Å². The molecule has 1 heterocycles. The predicted octanol–water partition coefficient (Wildman–Crippen LogP) is 0.491. The molecular weight excluding hydrogens is 116 g/mol. The van der Waals surface area contributed by atoms with E-state index in [2.05, 4.69) is 10.7 Å². The van der Waals surface area contributed by atoms with Crippen molar-refractivity contribution in [2.45, 2.75) is 13.0 Å². The molecule has 0 spiro atoms. The molecule has 0 radical (unpaired) electrons. The molecule has 1 unspecified atom stereocenters. The van der Waals surface area contributed by atoms with Crippen molar-refractivity contribution in [2.75, 3.05) is 0 Å². The van der Waals surface area contributed by atoms with Crippen LogP contribution in [0.3, 0.4) is 0 Å². The highest BCUT2D eigenvalue weighted by atomic mass is 16.5. The van der Waals surface area contributed by atoms with Gasteiger partial charge in [-0.1, -0.05) is 5.92 Å². The lowest BCUT2D eigenvalue weighted by atomic mass is 10.2. The number of carbonyl (C=O) groups is 1. The van der Waals surface area contributed by atoms with Gasteiger partial charge in [-0.3, -0.25) is 0 Å². The van der Waals surface area contributed by atoms with Crippen molar-refractivity contribution in [3.05, 3.63) is 11.6 Å². The zero-order valence-electron chi connectivity index (χ0n) is 5.05. The fourth-order valence-electron chi connectivity index (χ4n) is 0.670. The molecule has 0 bridgehead atoms. The summed E-state index contributed by atoms with van der Waals surface area (Å²) in [6.07, 6.45) is 6.01. The Balaban J connectivity index is 2.79. The van der Waals surface area contributed by atoms with Gasteiger partial charge >= 0.3 is 5.97 Å². The first-order chi connectivity index (χ1) is 4.24. The SMILES string of the molecule is C#CC1OC(=O)C=C1C. The normalized spacial score (nSPS) is 24.7. The lowest BCUT2D eigenvalue weighted by molar-refractivity contribution is -0.136. The van der Waals surface area contributed by atoms with Gasteiger partial charge in [-0.2, -0.15) is 0 Å².